The summed E-state index contributed by atoms with van der Waals surface area (Å²) in [5.41, 5.74) is 2.13. The molecule has 0 aromatic heterocycles. The van der Waals surface area contributed by atoms with Gasteiger partial charge in [-0.2, -0.15) is 0 Å². The fourth-order valence-corrected chi connectivity index (χ4v) is 2.05. The van der Waals surface area contributed by atoms with Gasteiger partial charge in [-0.25, -0.2) is 0 Å². The van der Waals surface area contributed by atoms with Crippen molar-refractivity contribution in [2.75, 3.05) is 32.6 Å². The third kappa shape index (κ3) is 5.94. The highest BCUT2D eigenvalue weighted by atomic mass is 35.5. The van der Waals surface area contributed by atoms with E-state index in [-0.39, 0.29) is 11.4 Å². The van der Waals surface area contributed by atoms with E-state index in [4.69, 9.17) is 11.6 Å². The number of likely N-dealkylation sites (N-methyl/N-ethyl adjacent to an activating group) is 2. The second-order valence-electron chi connectivity index (χ2n) is 6.52. The molecule has 0 radical (unpaired) electrons. The average molecular weight is 312 g/mol. The molecular weight excluding hydrogens is 286 g/mol. The fourth-order valence-electron chi connectivity index (χ4n) is 1.86. The number of anilines is 1. The number of halogens is 1. The van der Waals surface area contributed by atoms with Crippen LogP contribution in [-0.2, 0) is 11.3 Å². The molecule has 0 spiro atoms. The van der Waals surface area contributed by atoms with Crippen LogP contribution in [0.15, 0.2) is 18.2 Å². The van der Waals surface area contributed by atoms with Gasteiger partial charge in [0.25, 0.3) is 0 Å². The number of benzene rings is 1. The van der Waals surface area contributed by atoms with Gasteiger partial charge in [-0.1, -0.05) is 11.6 Å². The zero-order valence-electron chi connectivity index (χ0n) is 13.8. The summed E-state index contributed by atoms with van der Waals surface area (Å²) in [5, 5.41) is 4.16. The third-order valence-electron chi connectivity index (χ3n) is 3.13. The highest BCUT2D eigenvalue weighted by molar-refractivity contribution is 6.30. The summed E-state index contributed by atoms with van der Waals surface area (Å²) >= 11 is 6.11. The molecule has 0 unspecified atom stereocenters. The molecule has 0 atom stereocenters. The fraction of sp³-hybridized carbons (Fsp3) is 0.562. The van der Waals surface area contributed by atoms with E-state index in [2.05, 4.69) is 26.1 Å². The molecule has 1 N–H and O–H groups in total. The van der Waals surface area contributed by atoms with E-state index in [0.717, 1.165) is 11.3 Å². The number of nitrogens with zero attached hydrogens (tertiary/aromatic N) is 2. The van der Waals surface area contributed by atoms with Crippen LogP contribution >= 0.6 is 11.6 Å². The van der Waals surface area contributed by atoms with Crippen LogP contribution in [0.2, 0.25) is 5.02 Å². The topological polar surface area (TPSA) is 35.6 Å². The summed E-state index contributed by atoms with van der Waals surface area (Å²) in [7, 11) is 5.45. The lowest BCUT2D eigenvalue weighted by Gasteiger charge is -2.26. The van der Waals surface area contributed by atoms with E-state index in [1.54, 1.807) is 19.0 Å². The van der Waals surface area contributed by atoms with Gasteiger partial charge in [0, 0.05) is 43.9 Å². The van der Waals surface area contributed by atoms with Crippen LogP contribution in [0.4, 0.5) is 5.69 Å². The Kier molecular flexibility index (Phi) is 6.05. The van der Waals surface area contributed by atoms with E-state index in [0.29, 0.717) is 18.1 Å². The van der Waals surface area contributed by atoms with Crippen LogP contribution < -0.4 is 10.2 Å². The first-order valence-corrected chi connectivity index (χ1v) is 7.42. The molecular formula is C16H26ClN3O. The Morgan fingerprint density at radius 3 is 2.38 bits per heavy atom. The molecule has 21 heavy (non-hydrogen) atoms. The molecule has 0 saturated heterocycles. The zero-order chi connectivity index (χ0) is 16.2. The van der Waals surface area contributed by atoms with Crippen LogP contribution in [0.25, 0.3) is 0 Å². The van der Waals surface area contributed by atoms with E-state index in [1.165, 1.54) is 0 Å². The van der Waals surface area contributed by atoms with Gasteiger partial charge in [0.05, 0.1) is 6.54 Å². The van der Waals surface area contributed by atoms with E-state index in [1.807, 2.05) is 30.1 Å². The van der Waals surface area contributed by atoms with Crippen LogP contribution in [0.1, 0.15) is 26.3 Å². The Balaban J connectivity index is 2.92. The largest absolute Gasteiger partial charge is 0.365 e. The molecule has 0 aliphatic heterocycles. The van der Waals surface area contributed by atoms with Gasteiger partial charge in [-0.15, -0.1) is 0 Å². The van der Waals surface area contributed by atoms with Gasteiger partial charge >= 0.3 is 0 Å². The average Bonchev–Trinajstić information content (AvgIpc) is 2.35. The number of hydrogen-bond acceptors (Lipinski definition) is 3. The van der Waals surface area contributed by atoms with Crippen LogP contribution in [-0.4, -0.2) is 44.0 Å². The van der Waals surface area contributed by atoms with E-state index < -0.39 is 0 Å². The maximum atomic E-state index is 11.9. The van der Waals surface area contributed by atoms with Crippen molar-refractivity contribution in [2.24, 2.45) is 0 Å². The van der Waals surface area contributed by atoms with Crippen LogP contribution in [0, 0.1) is 0 Å². The van der Waals surface area contributed by atoms with Gasteiger partial charge in [0.2, 0.25) is 5.91 Å². The molecule has 0 aliphatic carbocycles. The predicted molar refractivity (Wildman–Crippen MR) is 90.0 cm³/mol. The first kappa shape index (κ1) is 17.8. The summed E-state index contributed by atoms with van der Waals surface area (Å²) < 4.78 is 0. The maximum absolute atomic E-state index is 11.9. The van der Waals surface area contributed by atoms with Crippen molar-refractivity contribution >= 4 is 23.2 Å². The highest BCUT2D eigenvalue weighted by Crippen LogP contribution is 2.24. The first-order chi connectivity index (χ1) is 9.60. The van der Waals surface area contributed by atoms with Crippen molar-refractivity contribution in [3.63, 3.8) is 0 Å². The Morgan fingerprint density at radius 2 is 1.86 bits per heavy atom. The van der Waals surface area contributed by atoms with Crippen molar-refractivity contribution in [3.8, 4) is 0 Å². The smallest absolute Gasteiger partial charge is 0.241 e. The molecule has 5 heteroatoms. The minimum atomic E-state index is 0.0254. The number of amides is 1. The lowest BCUT2D eigenvalue weighted by atomic mass is 10.1. The third-order valence-corrected chi connectivity index (χ3v) is 3.37. The van der Waals surface area contributed by atoms with Gasteiger partial charge < -0.3 is 15.1 Å². The van der Waals surface area contributed by atoms with Crippen molar-refractivity contribution in [1.29, 1.82) is 0 Å². The molecule has 1 aromatic carbocycles. The first-order valence-electron chi connectivity index (χ1n) is 7.05. The minimum absolute atomic E-state index is 0.0254. The van der Waals surface area contributed by atoms with Gasteiger partial charge in [-0.05, 0) is 44.5 Å². The molecule has 0 heterocycles. The number of rotatable bonds is 5. The zero-order valence-corrected chi connectivity index (χ0v) is 14.6. The molecule has 0 fully saturated rings. The van der Waals surface area contributed by atoms with Gasteiger partial charge in [-0.3, -0.25) is 4.79 Å². The lowest BCUT2D eigenvalue weighted by molar-refractivity contribution is -0.127. The Bertz CT molecular complexity index is 495. The lowest BCUT2D eigenvalue weighted by Crippen LogP contribution is -2.37. The number of carbonyl (C=O) groups excluding carboxylic acids is 1. The number of carbonyl (C=O) groups is 1. The van der Waals surface area contributed by atoms with Gasteiger partial charge in [0.1, 0.15) is 0 Å². The SMILES string of the molecule is CN(C)C(=O)CN(C)c1ccc(Cl)cc1CNC(C)(C)C. The maximum Gasteiger partial charge on any atom is 0.241 e. The standard InChI is InChI=1S/C16H26ClN3O/c1-16(2,3)18-10-12-9-13(17)7-8-14(12)20(6)11-15(21)19(4)5/h7-9,18H,10-11H2,1-6H3. The molecule has 4 nitrogen and oxygen atoms in total. The Labute approximate surface area is 133 Å². The molecule has 118 valence electrons. The molecule has 0 saturated carbocycles. The summed E-state index contributed by atoms with van der Waals surface area (Å²) in [6, 6.07) is 5.77. The van der Waals surface area contributed by atoms with Crippen LogP contribution in [0.5, 0.6) is 0 Å². The summed E-state index contributed by atoms with van der Waals surface area (Å²) in [5.74, 6) is 0.0715. The van der Waals surface area contributed by atoms with Crippen LogP contribution in [0.3, 0.4) is 0 Å². The van der Waals surface area contributed by atoms with Crippen molar-refractivity contribution in [1.82, 2.24) is 10.2 Å². The normalized spacial score (nSPS) is 11.4. The summed E-state index contributed by atoms with van der Waals surface area (Å²) in [6.45, 7) is 7.42. The molecule has 1 rings (SSSR count). The predicted octanol–water partition coefficient (Wildman–Crippen LogP) is 2.75. The van der Waals surface area contributed by atoms with Gasteiger partial charge in [0.15, 0.2) is 0 Å². The summed E-state index contributed by atoms with van der Waals surface area (Å²) in [4.78, 5) is 15.4. The second kappa shape index (κ2) is 7.14. The molecule has 0 bridgehead atoms. The number of hydrogen-bond donors (Lipinski definition) is 1. The molecule has 0 aliphatic rings. The van der Waals surface area contributed by atoms with E-state index >= 15 is 0 Å². The van der Waals surface area contributed by atoms with Crippen molar-refractivity contribution in [3.05, 3.63) is 28.8 Å². The number of nitrogens with one attached hydrogen (secondary N) is 1. The quantitative estimate of drug-likeness (QED) is 0.908. The monoisotopic (exact) mass is 311 g/mol. The second-order valence-corrected chi connectivity index (χ2v) is 6.96. The Hall–Kier alpha value is -1.26. The minimum Gasteiger partial charge on any atom is -0.365 e. The Morgan fingerprint density at radius 1 is 1.24 bits per heavy atom. The van der Waals surface area contributed by atoms with Crippen molar-refractivity contribution in [2.45, 2.75) is 32.9 Å². The van der Waals surface area contributed by atoms with Crippen molar-refractivity contribution < 1.29 is 4.79 Å². The molecule has 1 aromatic rings. The summed E-state index contributed by atoms with van der Waals surface area (Å²) in [6.07, 6.45) is 0. The highest BCUT2D eigenvalue weighted by Gasteiger charge is 2.15. The molecule has 1 amide bonds. The van der Waals surface area contributed by atoms with E-state index in [9.17, 15) is 4.79 Å².